The van der Waals surface area contributed by atoms with Gasteiger partial charge in [-0.25, -0.2) is 13.6 Å². The molecule has 0 aliphatic heterocycles. The van der Waals surface area contributed by atoms with Gasteiger partial charge in [-0.3, -0.25) is 14.4 Å². The summed E-state index contributed by atoms with van der Waals surface area (Å²) in [5, 5.41) is 40.3. The van der Waals surface area contributed by atoms with Gasteiger partial charge >= 0.3 is 11.9 Å². The van der Waals surface area contributed by atoms with Crippen LogP contribution in [0.25, 0.3) is 0 Å². The van der Waals surface area contributed by atoms with Gasteiger partial charge in [0.05, 0.1) is 0 Å². The van der Waals surface area contributed by atoms with Gasteiger partial charge in [-0.2, -0.15) is 0 Å². The maximum atomic E-state index is 10.9. The topological polar surface area (TPSA) is 218 Å². The monoisotopic (exact) mass is 286 g/mol. The van der Waals surface area contributed by atoms with E-state index >= 15 is 0 Å². The van der Waals surface area contributed by atoms with Gasteiger partial charge < -0.3 is 26.2 Å². The average Bonchev–Trinajstić information content (AvgIpc) is 2.15. The predicted molar refractivity (Wildman–Crippen MR) is 52.0 cm³/mol. The first-order chi connectivity index (χ1) is 7.90. The Morgan fingerprint density at radius 1 is 1.06 bits per heavy atom. The number of amides is 1. The van der Waals surface area contributed by atoms with Gasteiger partial charge in [-0.1, -0.05) is 0 Å². The van der Waals surface area contributed by atoms with Crippen LogP contribution < -0.4 is 10.9 Å². The van der Waals surface area contributed by atoms with E-state index in [0.717, 1.165) is 0 Å². The Labute approximate surface area is 99.7 Å². The highest BCUT2D eigenvalue weighted by Gasteiger charge is 2.64. The smallest absolute Gasteiger partial charge is 0.328 e. The number of carboxylic acid groups (broad SMARTS) is 2. The van der Waals surface area contributed by atoms with Crippen LogP contribution in [0.2, 0.25) is 0 Å². The molecule has 11 nitrogen and oxygen atoms in total. The third-order valence-corrected chi connectivity index (χ3v) is 3.10. The van der Waals surface area contributed by atoms with Gasteiger partial charge in [0.2, 0.25) is 21.3 Å². The van der Waals surface area contributed by atoms with E-state index in [-0.39, 0.29) is 0 Å². The number of primary amides is 1. The number of carbonyl (C=O) groups excluding carboxylic acids is 1. The van der Waals surface area contributed by atoms with E-state index in [4.69, 9.17) is 10.2 Å². The summed E-state index contributed by atoms with van der Waals surface area (Å²) in [6.45, 7) is 0. The number of carbonyl (C=O) groups is 3. The molecule has 0 radical (unpaired) electrons. The van der Waals surface area contributed by atoms with Crippen LogP contribution >= 0.6 is 0 Å². The second-order valence-electron chi connectivity index (χ2n) is 3.23. The molecule has 18 heavy (non-hydrogen) atoms. The first kappa shape index (κ1) is 16.2. The number of nitrogens with two attached hydrogens (primary N) is 2. The van der Waals surface area contributed by atoms with Crippen molar-refractivity contribution in [1.29, 1.82) is 0 Å². The third-order valence-electron chi connectivity index (χ3n) is 2.11. The number of hydrogen-bond donors (Lipinski definition) is 6. The minimum Gasteiger partial charge on any atom is -0.480 e. The summed E-state index contributed by atoms with van der Waals surface area (Å²) < 4.78 is 21.7. The Morgan fingerprint density at radius 2 is 1.39 bits per heavy atom. The van der Waals surface area contributed by atoms with Crippen molar-refractivity contribution in [3.8, 4) is 0 Å². The quantitative estimate of drug-likeness (QED) is 0.259. The van der Waals surface area contributed by atoms with Crippen molar-refractivity contribution in [3.05, 3.63) is 0 Å². The van der Waals surface area contributed by atoms with Crippen molar-refractivity contribution >= 4 is 27.9 Å². The molecule has 0 heterocycles. The van der Waals surface area contributed by atoms with Crippen molar-refractivity contribution in [2.75, 3.05) is 0 Å². The van der Waals surface area contributed by atoms with E-state index in [9.17, 15) is 33.0 Å². The zero-order chi connectivity index (χ0) is 14.9. The normalized spacial score (nSPS) is 15.7. The summed E-state index contributed by atoms with van der Waals surface area (Å²) in [6.07, 6.45) is -3.01. The maximum absolute atomic E-state index is 10.9. The lowest BCUT2D eigenvalue weighted by molar-refractivity contribution is -0.183. The number of carboxylic acids is 2. The second kappa shape index (κ2) is 4.85. The van der Waals surface area contributed by atoms with Crippen LogP contribution in [0, 0.1) is 5.41 Å². The summed E-state index contributed by atoms with van der Waals surface area (Å²) in [7, 11) is -5.10. The van der Waals surface area contributed by atoms with Gasteiger partial charge in [0, 0.05) is 0 Å². The molecule has 104 valence electrons. The van der Waals surface area contributed by atoms with Crippen LogP contribution in [0.1, 0.15) is 0 Å². The van der Waals surface area contributed by atoms with Crippen molar-refractivity contribution in [2.45, 2.75) is 11.5 Å². The Morgan fingerprint density at radius 3 is 1.56 bits per heavy atom. The van der Waals surface area contributed by atoms with Crippen LogP contribution in [0.3, 0.4) is 0 Å². The first-order valence-corrected chi connectivity index (χ1v) is 5.64. The lowest BCUT2D eigenvalue weighted by Crippen LogP contribution is -2.63. The molecule has 0 fully saturated rings. The molecule has 12 heteroatoms. The van der Waals surface area contributed by atoms with Gasteiger partial charge in [0.25, 0.3) is 0 Å². The zero-order valence-corrected chi connectivity index (χ0v) is 9.36. The molecule has 0 bridgehead atoms. The van der Waals surface area contributed by atoms with Gasteiger partial charge in [0.1, 0.15) is 0 Å². The maximum Gasteiger partial charge on any atom is 0.328 e. The van der Waals surface area contributed by atoms with Crippen molar-refractivity contribution in [3.63, 3.8) is 0 Å². The molecule has 0 rings (SSSR count). The molecule has 0 saturated heterocycles. The van der Waals surface area contributed by atoms with E-state index in [2.05, 4.69) is 10.9 Å². The molecule has 0 aliphatic carbocycles. The average molecular weight is 286 g/mol. The molecule has 0 spiro atoms. The summed E-state index contributed by atoms with van der Waals surface area (Å²) in [6, 6.07) is 0. The van der Waals surface area contributed by atoms with Crippen molar-refractivity contribution < 1.29 is 43.2 Å². The molecule has 8 N–H and O–H groups in total. The Bertz CT molecular complexity index is 469. The van der Waals surface area contributed by atoms with E-state index in [0.29, 0.717) is 0 Å². The lowest BCUT2D eigenvalue weighted by atomic mass is 9.82. The largest absolute Gasteiger partial charge is 0.480 e. The Balaban J connectivity index is 6.23. The highest BCUT2D eigenvalue weighted by atomic mass is 32.2. The number of aliphatic hydroxyl groups excluding tert-OH is 2. The molecule has 2 atom stereocenters. The summed E-state index contributed by atoms with van der Waals surface area (Å²) in [5.41, 5.74) is -2.58. The van der Waals surface area contributed by atoms with Crippen LogP contribution in [0.4, 0.5) is 0 Å². The first-order valence-electron chi connectivity index (χ1n) is 4.04. The van der Waals surface area contributed by atoms with E-state index < -0.39 is 44.8 Å². The number of hydrogen-bond acceptors (Lipinski definition) is 7. The van der Waals surface area contributed by atoms with E-state index in [1.807, 2.05) is 0 Å². The minimum atomic E-state index is -5.10. The standard InChI is InChI=1S/C6H10N2O9S/c7-2(10)1(9)6(3(11)12,4(13)14)5(15)18(8,16)17/h1,5,9,15H,(H2,7,10)(H,11,12)(H,13,14)(H2,8,16,17). The number of aliphatic carboxylic acids is 2. The van der Waals surface area contributed by atoms with Crippen LogP contribution in [0.15, 0.2) is 0 Å². The molecule has 0 aliphatic rings. The predicted octanol–water partition coefficient (Wildman–Crippen LogP) is -4.40. The zero-order valence-electron chi connectivity index (χ0n) is 8.55. The van der Waals surface area contributed by atoms with E-state index in [1.165, 1.54) is 0 Å². The molecule has 1 amide bonds. The van der Waals surface area contributed by atoms with Gasteiger partial charge in [0.15, 0.2) is 11.5 Å². The highest BCUT2D eigenvalue weighted by Crippen LogP contribution is 2.30. The summed E-state index contributed by atoms with van der Waals surface area (Å²) >= 11 is 0. The fourth-order valence-corrected chi connectivity index (χ4v) is 2.00. The summed E-state index contributed by atoms with van der Waals surface area (Å²) in [5.74, 6) is -6.85. The number of primary sulfonamides is 1. The van der Waals surface area contributed by atoms with Crippen LogP contribution in [-0.4, -0.2) is 58.2 Å². The van der Waals surface area contributed by atoms with Gasteiger partial charge in [-0.05, 0) is 0 Å². The summed E-state index contributed by atoms with van der Waals surface area (Å²) in [4.78, 5) is 32.4. The molecule has 0 aromatic carbocycles. The number of aliphatic hydroxyl groups is 2. The minimum absolute atomic E-state index is 1.86. The number of rotatable bonds is 6. The van der Waals surface area contributed by atoms with E-state index in [1.54, 1.807) is 0 Å². The lowest BCUT2D eigenvalue weighted by Gasteiger charge is -2.30. The van der Waals surface area contributed by atoms with Crippen LogP contribution in [-0.2, 0) is 24.4 Å². The molecular formula is C6H10N2O9S. The molecule has 0 aromatic rings. The Hall–Kier alpha value is -1.76. The molecule has 0 aromatic heterocycles. The molecule has 2 unspecified atom stereocenters. The third kappa shape index (κ3) is 2.40. The fourth-order valence-electron chi connectivity index (χ4n) is 1.16. The molecule has 0 saturated carbocycles. The number of sulfonamides is 1. The highest BCUT2D eigenvalue weighted by molar-refractivity contribution is 7.89. The van der Waals surface area contributed by atoms with Crippen molar-refractivity contribution in [1.82, 2.24) is 0 Å². The fraction of sp³-hybridized carbons (Fsp3) is 0.500. The van der Waals surface area contributed by atoms with Crippen molar-refractivity contribution in [2.24, 2.45) is 16.3 Å². The SMILES string of the molecule is NC(=O)C(O)C(C(=O)O)(C(=O)O)C(O)S(N)(=O)=O. The second-order valence-corrected chi connectivity index (χ2v) is 4.85. The Kier molecular flexibility index (Phi) is 4.38. The van der Waals surface area contributed by atoms with Crippen LogP contribution in [0.5, 0.6) is 0 Å². The molecular weight excluding hydrogens is 276 g/mol. The van der Waals surface area contributed by atoms with Gasteiger partial charge in [-0.15, -0.1) is 0 Å².